The molecule has 0 atom stereocenters. The molecule has 0 saturated carbocycles. The Balaban J connectivity index is 3.08. The fraction of sp³-hybridized carbons (Fsp3) is 0.571. The molecule has 4 nitrogen and oxygen atoms in total. The Hall–Kier alpha value is -1.07. The zero-order valence-corrected chi connectivity index (χ0v) is 12.9. The van der Waals surface area contributed by atoms with Gasteiger partial charge in [0, 0.05) is 6.04 Å². The van der Waals surface area contributed by atoms with Gasteiger partial charge in [-0.15, -0.1) is 0 Å². The zero-order valence-electron chi connectivity index (χ0n) is 12.1. The molecule has 1 aromatic rings. The Morgan fingerprint density at radius 2 is 1.84 bits per heavy atom. The lowest BCUT2D eigenvalue weighted by molar-refractivity contribution is 0.409. The Kier molecular flexibility index (Phi) is 5.82. The monoisotopic (exact) mass is 285 g/mol. The smallest absolute Gasteiger partial charge is 0.240 e. The number of hydrogen-bond donors (Lipinski definition) is 1. The van der Waals surface area contributed by atoms with E-state index in [0.29, 0.717) is 4.90 Å². The van der Waals surface area contributed by atoms with Crippen LogP contribution in [0.15, 0.2) is 23.1 Å². The van der Waals surface area contributed by atoms with Crippen LogP contribution in [0.3, 0.4) is 0 Å². The highest BCUT2D eigenvalue weighted by Crippen LogP contribution is 2.23. The molecule has 1 aromatic carbocycles. The van der Waals surface area contributed by atoms with E-state index in [4.69, 9.17) is 4.74 Å². The van der Waals surface area contributed by atoms with Crippen molar-refractivity contribution in [2.24, 2.45) is 0 Å². The third kappa shape index (κ3) is 3.94. The molecular weight excluding hydrogens is 262 g/mol. The van der Waals surface area contributed by atoms with Crippen molar-refractivity contribution in [2.75, 3.05) is 7.11 Å². The third-order valence-corrected chi connectivity index (χ3v) is 4.77. The maximum atomic E-state index is 12.3. The second kappa shape index (κ2) is 6.91. The quantitative estimate of drug-likeness (QED) is 0.838. The van der Waals surface area contributed by atoms with E-state index in [2.05, 4.69) is 4.72 Å². The summed E-state index contributed by atoms with van der Waals surface area (Å²) in [6.45, 7) is 5.92. The lowest BCUT2D eigenvalue weighted by atomic mass is 10.1. The van der Waals surface area contributed by atoms with E-state index in [1.54, 1.807) is 25.3 Å². The van der Waals surface area contributed by atoms with Gasteiger partial charge in [-0.05, 0) is 43.0 Å². The summed E-state index contributed by atoms with van der Waals surface area (Å²) < 4.78 is 32.5. The van der Waals surface area contributed by atoms with Crippen molar-refractivity contribution in [3.63, 3.8) is 0 Å². The lowest BCUT2D eigenvalue weighted by Gasteiger charge is -2.16. The summed E-state index contributed by atoms with van der Waals surface area (Å²) >= 11 is 0. The molecule has 0 aromatic heterocycles. The normalized spacial score (nSPS) is 11.8. The molecule has 0 radical (unpaired) electrons. The maximum Gasteiger partial charge on any atom is 0.240 e. The molecule has 5 heteroatoms. The predicted octanol–water partition coefficient (Wildman–Crippen LogP) is 2.72. The topological polar surface area (TPSA) is 55.4 Å². The number of methoxy groups -OCH3 is 1. The number of benzene rings is 1. The van der Waals surface area contributed by atoms with E-state index in [-0.39, 0.29) is 6.04 Å². The van der Waals surface area contributed by atoms with Gasteiger partial charge in [0.15, 0.2) is 0 Å². The fourth-order valence-corrected chi connectivity index (χ4v) is 3.39. The first kappa shape index (κ1) is 16.0. The van der Waals surface area contributed by atoms with Gasteiger partial charge in [-0.25, -0.2) is 13.1 Å². The molecule has 1 N–H and O–H groups in total. The summed E-state index contributed by atoms with van der Waals surface area (Å²) in [6, 6.07) is 4.96. The molecule has 0 unspecified atom stereocenters. The van der Waals surface area contributed by atoms with E-state index < -0.39 is 10.0 Å². The van der Waals surface area contributed by atoms with Gasteiger partial charge in [0.25, 0.3) is 0 Å². The summed E-state index contributed by atoms with van der Waals surface area (Å²) in [5.74, 6) is 0.726. The Morgan fingerprint density at radius 1 is 1.21 bits per heavy atom. The minimum absolute atomic E-state index is 0.0165. The van der Waals surface area contributed by atoms with Crippen molar-refractivity contribution >= 4 is 10.0 Å². The van der Waals surface area contributed by atoms with E-state index >= 15 is 0 Å². The summed E-state index contributed by atoms with van der Waals surface area (Å²) in [6.07, 6.45) is 2.30. The number of rotatable bonds is 7. The summed E-state index contributed by atoms with van der Waals surface area (Å²) in [5.41, 5.74) is 0.898. The van der Waals surface area contributed by atoms with Gasteiger partial charge in [0.05, 0.1) is 12.0 Å². The highest BCUT2D eigenvalue weighted by Gasteiger charge is 2.19. The zero-order chi connectivity index (χ0) is 14.5. The molecule has 0 bridgehead atoms. The molecule has 0 aliphatic heterocycles. The average Bonchev–Trinajstić information content (AvgIpc) is 2.43. The van der Waals surface area contributed by atoms with Crippen LogP contribution >= 0.6 is 0 Å². The minimum Gasteiger partial charge on any atom is -0.496 e. The van der Waals surface area contributed by atoms with Crippen LogP contribution in [0.1, 0.15) is 39.2 Å². The van der Waals surface area contributed by atoms with Crippen LogP contribution in [0.2, 0.25) is 0 Å². The Morgan fingerprint density at radius 3 is 2.32 bits per heavy atom. The third-order valence-electron chi connectivity index (χ3n) is 3.25. The highest BCUT2D eigenvalue weighted by atomic mass is 32.2. The fourth-order valence-electron chi connectivity index (χ4n) is 1.94. The van der Waals surface area contributed by atoms with Crippen LogP contribution in [0.4, 0.5) is 0 Å². The molecule has 0 spiro atoms. The molecule has 0 aliphatic carbocycles. The lowest BCUT2D eigenvalue weighted by Crippen LogP contribution is -2.33. The van der Waals surface area contributed by atoms with Crippen LogP contribution in [-0.4, -0.2) is 21.6 Å². The van der Waals surface area contributed by atoms with E-state index in [0.717, 1.165) is 30.6 Å². The van der Waals surface area contributed by atoms with Crippen LogP contribution < -0.4 is 9.46 Å². The van der Waals surface area contributed by atoms with Crippen molar-refractivity contribution in [1.82, 2.24) is 4.72 Å². The molecule has 0 aliphatic rings. The predicted molar refractivity (Wildman–Crippen MR) is 77.1 cm³/mol. The minimum atomic E-state index is -3.45. The van der Waals surface area contributed by atoms with Crippen LogP contribution in [0, 0.1) is 0 Å². The summed E-state index contributed by atoms with van der Waals surface area (Å²) in [7, 11) is -1.86. The van der Waals surface area contributed by atoms with E-state index in [9.17, 15) is 8.42 Å². The molecule has 108 valence electrons. The van der Waals surface area contributed by atoms with Gasteiger partial charge < -0.3 is 4.74 Å². The summed E-state index contributed by atoms with van der Waals surface area (Å²) in [4.78, 5) is 0.303. The van der Waals surface area contributed by atoms with Gasteiger partial charge >= 0.3 is 0 Å². The van der Waals surface area contributed by atoms with Crippen molar-refractivity contribution in [3.8, 4) is 5.75 Å². The van der Waals surface area contributed by atoms with Gasteiger partial charge in [-0.1, -0.05) is 20.8 Å². The first-order chi connectivity index (χ1) is 8.98. The Labute approximate surface area is 116 Å². The van der Waals surface area contributed by atoms with Gasteiger partial charge in [0.1, 0.15) is 5.75 Å². The molecule has 0 amide bonds. The first-order valence-corrected chi connectivity index (χ1v) is 8.16. The van der Waals surface area contributed by atoms with Crippen LogP contribution in [0.25, 0.3) is 0 Å². The average molecular weight is 285 g/mol. The van der Waals surface area contributed by atoms with Crippen molar-refractivity contribution in [1.29, 1.82) is 0 Å². The number of sulfonamides is 1. The molecule has 0 saturated heterocycles. The molecule has 0 fully saturated rings. The molecule has 0 heterocycles. The van der Waals surface area contributed by atoms with E-state index in [1.807, 2.05) is 20.8 Å². The second-order valence-electron chi connectivity index (χ2n) is 4.46. The number of nitrogens with one attached hydrogen (secondary N) is 1. The van der Waals surface area contributed by atoms with Crippen molar-refractivity contribution < 1.29 is 13.2 Å². The second-order valence-corrected chi connectivity index (χ2v) is 6.18. The van der Waals surface area contributed by atoms with Crippen molar-refractivity contribution in [3.05, 3.63) is 23.8 Å². The largest absolute Gasteiger partial charge is 0.496 e. The van der Waals surface area contributed by atoms with Gasteiger partial charge in [0.2, 0.25) is 10.0 Å². The highest BCUT2D eigenvalue weighted by molar-refractivity contribution is 7.89. The number of hydrogen-bond acceptors (Lipinski definition) is 3. The van der Waals surface area contributed by atoms with Gasteiger partial charge in [-0.3, -0.25) is 0 Å². The number of aryl methyl sites for hydroxylation is 1. The van der Waals surface area contributed by atoms with Crippen LogP contribution in [0.5, 0.6) is 5.75 Å². The molecular formula is C14H23NO3S. The number of ether oxygens (including phenoxy) is 1. The van der Waals surface area contributed by atoms with Crippen molar-refractivity contribution in [2.45, 2.75) is 51.0 Å². The molecule has 1 rings (SSSR count). The van der Waals surface area contributed by atoms with E-state index in [1.165, 1.54) is 0 Å². The SMILES string of the molecule is CCc1cc(S(=O)(=O)NC(CC)CC)ccc1OC. The summed E-state index contributed by atoms with van der Waals surface area (Å²) in [5, 5.41) is 0. The first-order valence-electron chi connectivity index (χ1n) is 6.67. The Bertz CT molecular complexity index is 507. The van der Waals surface area contributed by atoms with Gasteiger partial charge in [-0.2, -0.15) is 0 Å². The standard InChI is InChI=1S/C14H23NO3S/c1-5-11-10-13(8-9-14(11)18-4)19(16,17)15-12(6-2)7-3/h8-10,12,15H,5-7H2,1-4H3. The van der Waals surface area contributed by atoms with Crippen LogP contribution in [-0.2, 0) is 16.4 Å². The maximum absolute atomic E-state index is 12.3. The molecule has 19 heavy (non-hydrogen) atoms.